The molecule has 24 heavy (non-hydrogen) atoms. The number of halogens is 1. The van der Waals surface area contributed by atoms with Gasteiger partial charge in [0.25, 0.3) is 0 Å². The average Bonchev–Trinajstić information content (AvgIpc) is 2.85. The van der Waals surface area contributed by atoms with Crippen LogP contribution in [0.4, 0.5) is 0 Å². The molecule has 1 N–H and O–H groups in total. The van der Waals surface area contributed by atoms with E-state index in [1.807, 2.05) is 0 Å². The van der Waals surface area contributed by atoms with Crippen molar-refractivity contribution in [1.29, 1.82) is 0 Å². The first-order valence-corrected chi connectivity index (χ1v) is 8.31. The van der Waals surface area contributed by atoms with Crippen molar-refractivity contribution in [3.8, 4) is 11.5 Å². The van der Waals surface area contributed by atoms with Crippen LogP contribution in [0.2, 0.25) is 0 Å². The highest BCUT2D eigenvalue weighted by Crippen LogP contribution is 2.35. The van der Waals surface area contributed by atoms with E-state index in [2.05, 4.69) is 31.4 Å². The summed E-state index contributed by atoms with van der Waals surface area (Å²) in [6, 6.07) is 3.48. The molecule has 1 aliphatic rings. The molecule has 0 unspecified atom stereocenters. The minimum Gasteiger partial charge on any atom is -0.550 e. The number of amides is 1. The third-order valence-electron chi connectivity index (χ3n) is 2.94. The number of carbonyl (C=O) groups excluding carboxylic acids is 2. The van der Waals surface area contributed by atoms with Gasteiger partial charge in [-0.15, -0.1) is 5.10 Å². The second-order valence-corrected chi connectivity index (χ2v) is 6.61. The standard InChI is InChI=1S/C14H14BrN3O5S/c1-22-9-4-7(3-8(15)12(9)23-2)6-16-18-14-17-13(21)10(24-14)5-11(19)20/h3-4,6,10H,5H2,1-2H3,(H,19,20)(H,17,18,21)/p-1/b16-6-/t10-/m0/s1. The molecule has 128 valence electrons. The molecule has 0 aliphatic carbocycles. The van der Waals surface area contributed by atoms with E-state index in [9.17, 15) is 14.7 Å². The highest BCUT2D eigenvalue weighted by Gasteiger charge is 2.30. The van der Waals surface area contributed by atoms with Crippen LogP contribution in [-0.4, -0.2) is 42.7 Å². The van der Waals surface area contributed by atoms with Gasteiger partial charge in [0.1, 0.15) is 0 Å². The molecule has 8 nitrogen and oxygen atoms in total. The molecule has 1 atom stereocenters. The molecule has 10 heteroatoms. The van der Waals surface area contributed by atoms with Crippen LogP contribution in [0.25, 0.3) is 0 Å². The molecule has 1 heterocycles. The molecule has 1 fully saturated rings. The summed E-state index contributed by atoms with van der Waals surface area (Å²) in [5.41, 5.74) is 0.699. The largest absolute Gasteiger partial charge is 0.550 e. The van der Waals surface area contributed by atoms with Gasteiger partial charge in [-0.2, -0.15) is 5.10 Å². The van der Waals surface area contributed by atoms with Crippen molar-refractivity contribution in [3.05, 3.63) is 22.2 Å². The predicted octanol–water partition coefficient (Wildman–Crippen LogP) is 0.528. The lowest BCUT2D eigenvalue weighted by molar-refractivity contribution is -0.305. The quantitative estimate of drug-likeness (QED) is 0.536. The zero-order valence-corrected chi connectivity index (χ0v) is 15.1. The van der Waals surface area contributed by atoms with E-state index < -0.39 is 17.1 Å². The van der Waals surface area contributed by atoms with Gasteiger partial charge in [-0.05, 0) is 33.6 Å². The van der Waals surface area contributed by atoms with Crippen molar-refractivity contribution in [2.45, 2.75) is 11.7 Å². The van der Waals surface area contributed by atoms with Crippen LogP contribution in [0.1, 0.15) is 12.0 Å². The molecule has 0 spiro atoms. The number of hydrogen-bond acceptors (Lipinski definition) is 8. The summed E-state index contributed by atoms with van der Waals surface area (Å²) >= 11 is 4.37. The Labute approximate surface area is 150 Å². The number of aliphatic carboxylic acids is 1. The van der Waals surface area contributed by atoms with Crippen LogP contribution in [0.5, 0.6) is 11.5 Å². The summed E-state index contributed by atoms with van der Waals surface area (Å²) in [5.74, 6) is -0.627. The number of amidine groups is 1. The topological polar surface area (TPSA) is 112 Å². The monoisotopic (exact) mass is 414 g/mol. The summed E-state index contributed by atoms with van der Waals surface area (Å²) in [6.07, 6.45) is 1.10. The van der Waals surface area contributed by atoms with Crippen molar-refractivity contribution in [3.63, 3.8) is 0 Å². The van der Waals surface area contributed by atoms with Crippen LogP contribution in [-0.2, 0) is 9.59 Å². The lowest BCUT2D eigenvalue weighted by Crippen LogP contribution is -2.31. The number of rotatable bonds is 6. The number of hydrogen-bond donors (Lipinski definition) is 1. The smallest absolute Gasteiger partial charge is 0.239 e. The second-order valence-electron chi connectivity index (χ2n) is 4.56. The Hall–Kier alpha value is -2.07. The number of nitrogens with zero attached hydrogens (tertiary/aromatic N) is 2. The minimum absolute atomic E-state index is 0.238. The Morgan fingerprint density at radius 2 is 2.21 bits per heavy atom. The van der Waals surface area contributed by atoms with Gasteiger partial charge in [0.15, 0.2) is 16.7 Å². The third kappa shape index (κ3) is 4.48. The first-order chi connectivity index (χ1) is 11.4. The zero-order chi connectivity index (χ0) is 17.7. The third-order valence-corrected chi connectivity index (χ3v) is 4.60. The van der Waals surface area contributed by atoms with E-state index in [1.165, 1.54) is 20.4 Å². The van der Waals surface area contributed by atoms with E-state index in [0.29, 0.717) is 21.5 Å². The lowest BCUT2D eigenvalue weighted by Gasteiger charge is -2.09. The molecular formula is C14H13BrN3O5S-. The van der Waals surface area contributed by atoms with Crippen LogP contribution >= 0.6 is 27.7 Å². The summed E-state index contributed by atoms with van der Waals surface area (Å²) in [6.45, 7) is 0. The van der Waals surface area contributed by atoms with E-state index in [-0.39, 0.29) is 11.6 Å². The van der Waals surface area contributed by atoms with E-state index >= 15 is 0 Å². The molecule has 1 saturated heterocycles. The Morgan fingerprint density at radius 3 is 2.83 bits per heavy atom. The van der Waals surface area contributed by atoms with Gasteiger partial charge in [0.05, 0.1) is 30.2 Å². The van der Waals surface area contributed by atoms with Crippen LogP contribution in [0.3, 0.4) is 0 Å². The molecule has 1 aromatic rings. The fourth-order valence-electron chi connectivity index (χ4n) is 1.90. The summed E-state index contributed by atoms with van der Waals surface area (Å²) < 4.78 is 11.1. The number of carboxylic acids is 1. The van der Waals surface area contributed by atoms with Crippen molar-refractivity contribution in [2.75, 3.05) is 14.2 Å². The van der Waals surface area contributed by atoms with E-state index in [0.717, 1.165) is 11.8 Å². The first-order valence-electron chi connectivity index (χ1n) is 6.64. The summed E-state index contributed by atoms with van der Waals surface area (Å²) in [7, 11) is 3.05. The van der Waals surface area contributed by atoms with Gasteiger partial charge < -0.3 is 24.7 Å². The Morgan fingerprint density at radius 1 is 1.46 bits per heavy atom. The highest BCUT2D eigenvalue weighted by molar-refractivity contribution is 9.10. The van der Waals surface area contributed by atoms with Gasteiger partial charge in [0, 0.05) is 12.4 Å². The number of nitrogens with one attached hydrogen (secondary N) is 1. The number of carbonyl (C=O) groups is 2. The molecular weight excluding hydrogens is 402 g/mol. The van der Waals surface area contributed by atoms with Crippen LogP contribution < -0.4 is 19.9 Å². The number of benzene rings is 1. The van der Waals surface area contributed by atoms with Crippen LogP contribution in [0.15, 0.2) is 26.8 Å². The van der Waals surface area contributed by atoms with Gasteiger partial charge in [0.2, 0.25) is 5.91 Å². The highest BCUT2D eigenvalue weighted by atomic mass is 79.9. The Bertz CT molecular complexity index is 723. The van der Waals surface area contributed by atoms with Crippen molar-refractivity contribution in [1.82, 2.24) is 5.32 Å². The molecule has 0 bridgehead atoms. The molecule has 1 aromatic carbocycles. The molecule has 0 aromatic heterocycles. The van der Waals surface area contributed by atoms with Crippen molar-refractivity contribution >= 4 is 51.0 Å². The number of carboxylic acid groups (broad SMARTS) is 1. The number of ether oxygens (including phenoxy) is 2. The van der Waals surface area contributed by atoms with Crippen LogP contribution in [0, 0.1) is 0 Å². The SMILES string of the molecule is COc1cc(/C=N\N=C2\NC(=O)[C@H](CC(=O)[O-])S2)cc(Br)c1OC. The first kappa shape index (κ1) is 18.3. The fraction of sp³-hybridized carbons (Fsp3) is 0.286. The second kappa shape index (κ2) is 8.15. The predicted molar refractivity (Wildman–Crippen MR) is 91.4 cm³/mol. The molecule has 0 saturated carbocycles. The zero-order valence-electron chi connectivity index (χ0n) is 12.7. The fourth-order valence-corrected chi connectivity index (χ4v) is 3.43. The molecule has 0 radical (unpaired) electrons. The summed E-state index contributed by atoms with van der Waals surface area (Å²) in [5, 5.41) is 20.3. The normalized spacial score (nSPS) is 18.9. The van der Waals surface area contributed by atoms with E-state index in [4.69, 9.17) is 9.47 Å². The maximum Gasteiger partial charge on any atom is 0.239 e. The van der Waals surface area contributed by atoms with Gasteiger partial charge >= 0.3 is 0 Å². The lowest BCUT2D eigenvalue weighted by atomic mass is 10.2. The summed E-state index contributed by atoms with van der Waals surface area (Å²) in [4.78, 5) is 22.1. The molecule has 2 rings (SSSR count). The van der Waals surface area contributed by atoms with Crippen molar-refractivity contribution < 1.29 is 24.2 Å². The maximum absolute atomic E-state index is 11.6. The Kier molecular flexibility index (Phi) is 6.21. The Balaban J connectivity index is 2.10. The maximum atomic E-state index is 11.6. The minimum atomic E-state index is -1.29. The van der Waals surface area contributed by atoms with E-state index in [1.54, 1.807) is 12.1 Å². The molecule has 1 aliphatic heterocycles. The van der Waals surface area contributed by atoms with Crippen molar-refractivity contribution in [2.24, 2.45) is 10.2 Å². The number of thioether (sulfide) groups is 1. The molecule has 1 amide bonds. The van der Waals surface area contributed by atoms with Gasteiger partial charge in [-0.1, -0.05) is 11.8 Å². The van der Waals surface area contributed by atoms with Gasteiger partial charge in [-0.3, -0.25) is 4.79 Å². The van der Waals surface area contributed by atoms with Gasteiger partial charge in [-0.25, -0.2) is 0 Å². The number of methoxy groups -OCH3 is 2. The average molecular weight is 415 g/mol.